The number of carbonyl (C=O) groups excluding carboxylic acids is 5. The number of guanidine groups is 1. The number of hydrogen-bond donors (Lipinski definition) is 3. The third-order valence-electron chi connectivity index (χ3n) is 7.72. The normalized spacial score (nSPS) is 15.5. The van der Waals surface area contributed by atoms with E-state index in [0.29, 0.717) is 18.5 Å². The Morgan fingerprint density at radius 3 is 1.69 bits per heavy atom. The summed E-state index contributed by atoms with van der Waals surface area (Å²) < 4.78 is 23.2. The van der Waals surface area contributed by atoms with E-state index in [9.17, 15) is 24.0 Å². The highest BCUT2D eigenvalue weighted by Crippen LogP contribution is 2.26. The van der Waals surface area contributed by atoms with Crippen LogP contribution in [0.3, 0.4) is 0 Å². The molecular formula is C37H65N9O9. The molecule has 3 N–H and O–H groups in total. The molecule has 0 saturated carbocycles. The number of nitrogens with zero attached hydrogens (tertiary/aromatic N) is 6. The van der Waals surface area contributed by atoms with Crippen molar-refractivity contribution < 1.29 is 42.9 Å². The van der Waals surface area contributed by atoms with Crippen molar-refractivity contribution in [3.63, 3.8) is 0 Å². The Labute approximate surface area is 325 Å². The second-order valence-electron chi connectivity index (χ2n) is 17.6. The number of ether oxygens (including phenoxy) is 4. The number of rotatable bonds is 10. The van der Waals surface area contributed by atoms with E-state index in [-0.39, 0.29) is 56.9 Å². The summed E-state index contributed by atoms with van der Waals surface area (Å²) in [6.45, 7) is 26.1. The summed E-state index contributed by atoms with van der Waals surface area (Å²) in [7, 11) is 0. The Kier molecular flexibility index (Phi) is 16.3. The van der Waals surface area contributed by atoms with E-state index in [0.717, 1.165) is 0 Å². The second kappa shape index (κ2) is 19.3. The second-order valence-corrected chi connectivity index (χ2v) is 17.6. The van der Waals surface area contributed by atoms with Crippen LogP contribution in [-0.4, -0.2) is 116 Å². The van der Waals surface area contributed by atoms with Gasteiger partial charge >= 0.3 is 24.4 Å². The lowest BCUT2D eigenvalue weighted by Crippen LogP contribution is -2.53. The number of carbonyl (C=O) groups is 5. The first-order valence-electron chi connectivity index (χ1n) is 18.9. The summed E-state index contributed by atoms with van der Waals surface area (Å²) in [6, 6.07) is -1.39. The van der Waals surface area contributed by atoms with Crippen molar-refractivity contribution in [2.75, 3.05) is 32.7 Å². The smallest absolute Gasteiger partial charge is 0.414 e. The fourth-order valence-corrected chi connectivity index (χ4v) is 5.17. The molecule has 312 valence electrons. The summed E-state index contributed by atoms with van der Waals surface area (Å²) in [5.41, 5.74) is -2.52. The van der Waals surface area contributed by atoms with Gasteiger partial charge in [0.2, 0.25) is 11.9 Å². The minimum atomic E-state index is -0.843. The topological polar surface area (TPSA) is 208 Å². The van der Waals surface area contributed by atoms with Crippen LogP contribution in [0.25, 0.3) is 0 Å². The first-order chi connectivity index (χ1) is 25.2. The maximum absolute atomic E-state index is 14.2. The first kappa shape index (κ1) is 46.5. The largest absolute Gasteiger partial charge is 0.444 e. The molecule has 0 unspecified atom stereocenters. The number of alkyl carbamates (subject to hydrolysis) is 3. The molecule has 1 aromatic rings. The van der Waals surface area contributed by atoms with Crippen LogP contribution in [0, 0.1) is 5.92 Å². The third kappa shape index (κ3) is 17.6. The van der Waals surface area contributed by atoms with Crippen molar-refractivity contribution in [1.82, 2.24) is 40.7 Å². The van der Waals surface area contributed by atoms with Gasteiger partial charge in [-0.15, -0.1) is 5.10 Å². The van der Waals surface area contributed by atoms with E-state index in [1.54, 1.807) is 99.1 Å². The number of hydrogen-bond acceptors (Lipinski definition) is 12. The van der Waals surface area contributed by atoms with Crippen LogP contribution in [-0.2, 0) is 23.7 Å². The van der Waals surface area contributed by atoms with Gasteiger partial charge in [-0.25, -0.2) is 23.9 Å². The molecular weight excluding hydrogens is 714 g/mol. The zero-order chi connectivity index (χ0) is 41.9. The van der Waals surface area contributed by atoms with Gasteiger partial charge in [0.05, 0.1) is 12.2 Å². The van der Waals surface area contributed by atoms with E-state index in [1.807, 2.05) is 13.8 Å². The van der Waals surface area contributed by atoms with E-state index in [2.05, 4.69) is 31.3 Å². The maximum Gasteiger partial charge on any atom is 0.414 e. The predicted octanol–water partition coefficient (Wildman–Crippen LogP) is 5.70. The minimum Gasteiger partial charge on any atom is -0.444 e. The number of nitrogens with one attached hydrogen (secondary N) is 3. The molecule has 18 heteroatoms. The molecule has 1 aliphatic rings. The summed E-state index contributed by atoms with van der Waals surface area (Å²) in [4.78, 5) is 72.5. The lowest BCUT2D eigenvalue weighted by molar-refractivity contribution is -0.137. The van der Waals surface area contributed by atoms with Crippen LogP contribution in [0.15, 0.2) is 11.2 Å². The van der Waals surface area contributed by atoms with Crippen molar-refractivity contribution in [2.45, 2.75) is 151 Å². The van der Waals surface area contributed by atoms with Crippen molar-refractivity contribution in [1.29, 1.82) is 0 Å². The molecule has 2 heterocycles. The zero-order valence-corrected chi connectivity index (χ0v) is 35.3. The fourth-order valence-electron chi connectivity index (χ4n) is 5.17. The average molecular weight is 780 g/mol. The van der Waals surface area contributed by atoms with Crippen LogP contribution in [0.5, 0.6) is 0 Å². The van der Waals surface area contributed by atoms with Gasteiger partial charge < -0.3 is 34.1 Å². The van der Waals surface area contributed by atoms with Gasteiger partial charge in [0.25, 0.3) is 0 Å². The quantitative estimate of drug-likeness (QED) is 0.114. The number of piperazine rings is 1. The van der Waals surface area contributed by atoms with Crippen molar-refractivity contribution >= 4 is 36.2 Å². The van der Waals surface area contributed by atoms with Gasteiger partial charge in [-0.1, -0.05) is 25.5 Å². The van der Waals surface area contributed by atoms with E-state index in [4.69, 9.17) is 18.9 Å². The van der Waals surface area contributed by atoms with Crippen molar-refractivity contribution in [3.05, 3.63) is 11.9 Å². The van der Waals surface area contributed by atoms with Crippen LogP contribution in [0.2, 0.25) is 0 Å². The summed E-state index contributed by atoms with van der Waals surface area (Å²) >= 11 is 0. The van der Waals surface area contributed by atoms with Gasteiger partial charge in [0.15, 0.2) is 0 Å². The Morgan fingerprint density at radius 1 is 0.745 bits per heavy atom. The molecule has 1 aromatic heterocycles. The number of aromatic nitrogens is 3. The minimum absolute atomic E-state index is 0.0459. The molecule has 1 aliphatic heterocycles. The number of aliphatic imine (C=N–C) groups is 1. The monoisotopic (exact) mass is 779 g/mol. The highest BCUT2D eigenvalue weighted by molar-refractivity contribution is 6.01. The Balaban J connectivity index is 2.37. The van der Waals surface area contributed by atoms with Crippen LogP contribution < -0.4 is 16.0 Å². The fraction of sp³-hybridized carbons (Fsp3) is 0.784. The third-order valence-corrected chi connectivity index (χ3v) is 7.72. The van der Waals surface area contributed by atoms with Gasteiger partial charge in [0, 0.05) is 32.7 Å². The molecule has 55 heavy (non-hydrogen) atoms. The highest BCUT2D eigenvalue weighted by atomic mass is 16.6. The lowest BCUT2D eigenvalue weighted by Gasteiger charge is -2.37. The van der Waals surface area contributed by atoms with Gasteiger partial charge in [-0.3, -0.25) is 20.4 Å². The van der Waals surface area contributed by atoms with Crippen molar-refractivity contribution in [3.8, 4) is 0 Å². The van der Waals surface area contributed by atoms with Crippen LogP contribution >= 0.6 is 0 Å². The molecule has 1 fully saturated rings. The van der Waals surface area contributed by atoms with Gasteiger partial charge in [-0.2, -0.15) is 0 Å². The SMILES string of the molecule is CC[C@H](C)[C@@H](NC(=O)OC(C)(C)C)c1cn([C@@H](CCCN=C(NC(=O)OC(C)(C)C)NC(=O)OC(C)(C)C)C(=O)N2CCN(C(=O)OC(C)(C)C)CC2)nn1. The average Bonchev–Trinajstić information content (AvgIpc) is 3.49. The summed E-state index contributed by atoms with van der Waals surface area (Å²) in [6.07, 6.45) is 0.207. The molecule has 18 nitrogen and oxygen atoms in total. The van der Waals surface area contributed by atoms with E-state index < -0.39 is 58.9 Å². The standard InChI is InChI=1S/C37H65N9O9/c1-15-24(2)27(39-30(48)52-34(3,4)5)25-23-46(43-42-25)26(28(47)44-19-21-45(22-20-44)33(51)55-37(12,13)14)17-16-18-38-29(40-31(49)53-35(6,7)8)41-32(50)54-36(9,10)11/h23-24,26-27H,15-22H2,1-14H3,(H,39,48)(H2,38,40,41,49,50)/t24-,26-,27+/m0/s1. The summed E-state index contributed by atoms with van der Waals surface area (Å²) in [5, 5.41) is 16.6. The molecule has 1 saturated heterocycles. The molecule has 0 aromatic carbocycles. The highest BCUT2D eigenvalue weighted by Gasteiger charge is 2.34. The first-order valence-corrected chi connectivity index (χ1v) is 18.9. The molecule has 0 aliphatic carbocycles. The molecule has 2 rings (SSSR count). The zero-order valence-electron chi connectivity index (χ0n) is 35.3. The van der Waals surface area contributed by atoms with Crippen LogP contribution in [0.1, 0.15) is 134 Å². The lowest BCUT2D eigenvalue weighted by atomic mass is 9.97. The predicted molar refractivity (Wildman–Crippen MR) is 205 cm³/mol. The van der Waals surface area contributed by atoms with Gasteiger partial charge in [-0.05, 0) is 102 Å². The van der Waals surface area contributed by atoms with Gasteiger partial charge in [0.1, 0.15) is 34.1 Å². The molecule has 5 amide bonds. The maximum atomic E-state index is 14.2. The summed E-state index contributed by atoms with van der Waals surface area (Å²) in [5.74, 6) is -0.476. The molecule has 0 radical (unpaired) electrons. The van der Waals surface area contributed by atoms with Crippen LogP contribution in [0.4, 0.5) is 19.2 Å². The van der Waals surface area contributed by atoms with E-state index >= 15 is 0 Å². The molecule has 0 spiro atoms. The molecule has 3 atom stereocenters. The number of amides is 5. The Morgan fingerprint density at radius 2 is 1.22 bits per heavy atom. The Bertz CT molecular complexity index is 1460. The van der Waals surface area contributed by atoms with Crippen molar-refractivity contribution in [2.24, 2.45) is 10.9 Å². The van der Waals surface area contributed by atoms with E-state index in [1.165, 1.54) is 4.68 Å². The Hall–Kier alpha value is -4.64. The molecule has 0 bridgehead atoms.